The van der Waals surface area contributed by atoms with Crippen molar-refractivity contribution in [2.75, 3.05) is 39.9 Å². The molecule has 1 atom stereocenters. The summed E-state index contributed by atoms with van der Waals surface area (Å²) in [7, 11) is 3.67. The van der Waals surface area contributed by atoms with Crippen LogP contribution >= 0.6 is 0 Å². The van der Waals surface area contributed by atoms with E-state index in [1.807, 2.05) is 30.2 Å². The zero-order valence-corrected chi connectivity index (χ0v) is 19.0. The Labute approximate surface area is 185 Å². The summed E-state index contributed by atoms with van der Waals surface area (Å²) in [5.74, 6) is 1.90. The lowest BCUT2D eigenvalue weighted by Crippen LogP contribution is -2.48. The molecule has 1 unspecified atom stereocenters. The summed E-state index contributed by atoms with van der Waals surface area (Å²) in [4.78, 5) is 7.50. The Bertz CT molecular complexity index is 888. The number of nitrogens with zero attached hydrogens (tertiary/aromatic N) is 4. The van der Waals surface area contributed by atoms with Gasteiger partial charge in [0.1, 0.15) is 11.9 Å². The van der Waals surface area contributed by atoms with Crippen molar-refractivity contribution >= 4 is 5.96 Å². The number of aromatic nitrogens is 2. The number of guanidine groups is 1. The Morgan fingerprint density at radius 1 is 1.35 bits per heavy atom. The molecular weight excluding hydrogens is 390 g/mol. The van der Waals surface area contributed by atoms with Gasteiger partial charge in [-0.05, 0) is 37.5 Å². The van der Waals surface area contributed by atoms with Crippen LogP contribution in [0.2, 0.25) is 0 Å². The van der Waals surface area contributed by atoms with E-state index in [9.17, 15) is 0 Å². The fourth-order valence-electron chi connectivity index (χ4n) is 4.84. The Morgan fingerprint density at radius 3 is 2.90 bits per heavy atom. The van der Waals surface area contributed by atoms with Gasteiger partial charge in [-0.1, -0.05) is 25.0 Å². The lowest BCUT2D eigenvalue weighted by molar-refractivity contribution is -0.00807. The first kappa shape index (κ1) is 21.7. The lowest BCUT2D eigenvalue weighted by Gasteiger charge is -2.36. The van der Waals surface area contributed by atoms with Crippen LogP contribution < -0.4 is 10.1 Å². The van der Waals surface area contributed by atoms with Gasteiger partial charge in [-0.2, -0.15) is 5.10 Å². The highest BCUT2D eigenvalue weighted by Gasteiger charge is 2.36. The van der Waals surface area contributed by atoms with E-state index < -0.39 is 0 Å². The summed E-state index contributed by atoms with van der Waals surface area (Å²) in [6, 6.07) is 8.56. The summed E-state index contributed by atoms with van der Waals surface area (Å²) in [5, 5.41) is 7.83. The van der Waals surface area contributed by atoms with Crippen molar-refractivity contribution in [3.63, 3.8) is 0 Å². The van der Waals surface area contributed by atoms with Crippen LogP contribution in [0.15, 0.2) is 41.7 Å². The minimum atomic E-state index is 0.0186. The van der Waals surface area contributed by atoms with Crippen molar-refractivity contribution in [2.24, 2.45) is 12.0 Å². The highest BCUT2D eigenvalue weighted by molar-refractivity contribution is 5.80. The Balaban J connectivity index is 1.54. The number of ether oxygens (including phenoxy) is 2. The van der Waals surface area contributed by atoms with Gasteiger partial charge in [-0.25, -0.2) is 0 Å². The van der Waals surface area contributed by atoms with Crippen molar-refractivity contribution in [3.05, 3.63) is 47.8 Å². The molecule has 1 N–H and O–H groups in total. The van der Waals surface area contributed by atoms with Crippen LogP contribution in [0.3, 0.4) is 0 Å². The molecule has 7 heteroatoms. The lowest BCUT2D eigenvalue weighted by atomic mass is 9.79. The van der Waals surface area contributed by atoms with Gasteiger partial charge in [-0.3, -0.25) is 9.67 Å². The van der Waals surface area contributed by atoms with Crippen LogP contribution in [0.5, 0.6) is 5.75 Å². The number of morpholine rings is 1. The van der Waals surface area contributed by atoms with Gasteiger partial charge < -0.3 is 19.7 Å². The Morgan fingerprint density at radius 2 is 2.19 bits per heavy atom. The maximum Gasteiger partial charge on any atom is 0.194 e. The largest absolute Gasteiger partial charge is 0.497 e. The minimum Gasteiger partial charge on any atom is -0.497 e. The standard InChI is InChI=1S/C24H35N5O2/c1-4-25-23(29-12-13-31-22(17-29)19-15-27-28(2)16-19)26-18-24(10-5-6-11-24)20-8-7-9-21(14-20)30-3/h7-9,14-16,22H,4-6,10-13,17-18H2,1-3H3,(H,25,26). The zero-order chi connectivity index (χ0) is 21.7. The molecule has 2 fully saturated rings. The number of benzene rings is 1. The summed E-state index contributed by atoms with van der Waals surface area (Å²) < 4.78 is 13.4. The van der Waals surface area contributed by atoms with E-state index in [0.29, 0.717) is 6.61 Å². The summed E-state index contributed by atoms with van der Waals surface area (Å²) >= 11 is 0. The maximum atomic E-state index is 6.04. The van der Waals surface area contributed by atoms with E-state index in [4.69, 9.17) is 14.5 Å². The first-order valence-corrected chi connectivity index (χ1v) is 11.4. The molecule has 1 aromatic heterocycles. The van der Waals surface area contributed by atoms with E-state index in [1.54, 1.807) is 7.11 Å². The third-order valence-corrected chi connectivity index (χ3v) is 6.57. The molecule has 1 saturated carbocycles. The van der Waals surface area contributed by atoms with Gasteiger partial charge in [0.05, 0.1) is 33.0 Å². The van der Waals surface area contributed by atoms with E-state index in [-0.39, 0.29) is 11.5 Å². The molecule has 1 aromatic carbocycles. The molecule has 168 valence electrons. The van der Waals surface area contributed by atoms with Crippen LogP contribution in [0.25, 0.3) is 0 Å². The van der Waals surface area contributed by atoms with E-state index in [0.717, 1.165) is 43.5 Å². The molecule has 2 aliphatic rings. The molecular formula is C24H35N5O2. The normalized spacial score (nSPS) is 21.3. The van der Waals surface area contributed by atoms with E-state index >= 15 is 0 Å². The van der Waals surface area contributed by atoms with Crippen LogP contribution in [-0.2, 0) is 17.2 Å². The second-order valence-corrected chi connectivity index (χ2v) is 8.64. The van der Waals surface area contributed by atoms with Crippen molar-refractivity contribution in [1.29, 1.82) is 0 Å². The number of aliphatic imine (C=N–C) groups is 1. The maximum absolute atomic E-state index is 6.04. The molecule has 31 heavy (non-hydrogen) atoms. The number of hydrogen-bond donors (Lipinski definition) is 1. The molecule has 2 heterocycles. The molecule has 0 amide bonds. The van der Waals surface area contributed by atoms with Gasteiger partial charge in [0.25, 0.3) is 0 Å². The first-order valence-electron chi connectivity index (χ1n) is 11.4. The van der Waals surface area contributed by atoms with Crippen LogP contribution in [-0.4, -0.2) is 60.5 Å². The first-order chi connectivity index (χ1) is 15.1. The highest BCUT2D eigenvalue weighted by atomic mass is 16.5. The summed E-state index contributed by atoms with van der Waals surface area (Å²) in [6.07, 6.45) is 8.80. The van der Waals surface area contributed by atoms with Gasteiger partial charge in [0.2, 0.25) is 0 Å². The molecule has 0 radical (unpaired) electrons. The van der Waals surface area contributed by atoms with Gasteiger partial charge >= 0.3 is 0 Å². The Hall–Kier alpha value is -2.54. The van der Waals surface area contributed by atoms with Crippen molar-refractivity contribution in [2.45, 2.75) is 44.1 Å². The average molecular weight is 426 g/mol. The van der Waals surface area contributed by atoms with Crippen LogP contribution in [0.1, 0.15) is 49.8 Å². The van der Waals surface area contributed by atoms with Crippen molar-refractivity contribution in [1.82, 2.24) is 20.0 Å². The second kappa shape index (κ2) is 9.73. The van der Waals surface area contributed by atoms with Crippen LogP contribution in [0, 0.1) is 0 Å². The molecule has 2 aromatic rings. The molecule has 1 aliphatic carbocycles. The number of aryl methyl sites for hydroxylation is 1. The molecule has 1 aliphatic heterocycles. The minimum absolute atomic E-state index is 0.0186. The Kier molecular flexibility index (Phi) is 6.80. The zero-order valence-electron chi connectivity index (χ0n) is 19.0. The third-order valence-electron chi connectivity index (χ3n) is 6.57. The number of rotatable bonds is 6. The number of methoxy groups -OCH3 is 1. The van der Waals surface area contributed by atoms with Crippen molar-refractivity contribution < 1.29 is 9.47 Å². The molecule has 0 spiro atoms. The van der Waals surface area contributed by atoms with Gasteiger partial charge in [-0.15, -0.1) is 0 Å². The van der Waals surface area contributed by atoms with E-state index in [1.165, 1.54) is 31.2 Å². The monoisotopic (exact) mass is 425 g/mol. The third kappa shape index (κ3) is 4.87. The SMILES string of the molecule is CCNC(=NCC1(c2cccc(OC)c2)CCCC1)N1CCOC(c2cnn(C)c2)C1. The van der Waals surface area contributed by atoms with Crippen molar-refractivity contribution in [3.8, 4) is 5.75 Å². The number of hydrogen-bond acceptors (Lipinski definition) is 4. The molecule has 4 rings (SSSR count). The number of nitrogens with one attached hydrogen (secondary N) is 1. The smallest absolute Gasteiger partial charge is 0.194 e. The van der Waals surface area contributed by atoms with Crippen LogP contribution in [0.4, 0.5) is 0 Å². The predicted octanol–water partition coefficient (Wildman–Crippen LogP) is 3.28. The van der Waals surface area contributed by atoms with Gasteiger partial charge in [0.15, 0.2) is 5.96 Å². The molecule has 0 bridgehead atoms. The summed E-state index contributed by atoms with van der Waals surface area (Å²) in [6.45, 7) is 6.07. The van der Waals surface area contributed by atoms with Gasteiger partial charge in [0, 0.05) is 37.3 Å². The molecule has 7 nitrogen and oxygen atoms in total. The fraction of sp³-hybridized carbons (Fsp3) is 0.583. The highest BCUT2D eigenvalue weighted by Crippen LogP contribution is 2.42. The quantitative estimate of drug-likeness (QED) is 0.568. The predicted molar refractivity (Wildman–Crippen MR) is 123 cm³/mol. The fourth-order valence-corrected chi connectivity index (χ4v) is 4.84. The second-order valence-electron chi connectivity index (χ2n) is 8.64. The average Bonchev–Trinajstić information content (AvgIpc) is 3.47. The molecule has 1 saturated heterocycles. The van der Waals surface area contributed by atoms with E-state index in [2.05, 4.69) is 40.4 Å². The topological polar surface area (TPSA) is 63.9 Å². The summed E-state index contributed by atoms with van der Waals surface area (Å²) in [5.41, 5.74) is 2.55.